The average molecular weight is 462 g/mol. The molecule has 33 heavy (non-hydrogen) atoms. The Hall–Kier alpha value is -3.32. The van der Waals surface area contributed by atoms with Crippen LogP contribution in [0.25, 0.3) is 0 Å². The Morgan fingerprint density at radius 1 is 1.12 bits per heavy atom. The first-order valence-corrected chi connectivity index (χ1v) is 12.0. The maximum Gasteiger partial charge on any atom is 0.249 e. The molecule has 1 aliphatic heterocycles. The maximum atomic E-state index is 13.5. The lowest BCUT2D eigenvalue weighted by Crippen LogP contribution is -2.38. The molecule has 0 atom stereocenters. The molecule has 0 unspecified atom stereocenters. The molecule has 5 rings (SSSR count). The zero-order valence-electron chi connectivity index (χ0n) is 18.4. The molecule has 2 amide bonds. The number of anilines is 2. The summed E-state index contributed by atoms with van der Waals surface area (Å²) in [6.07, 6.45) is 3.87. The van der Waals surface area contributed by atoms with Gasteiger partial charge in [0.2, 0.25) is 11.8 Å². The van der Waals surface area contributed by atoms with Gasteiger partial charge >= 0.3 is 0 Å². The molecule has 0 radical (unpaired) electrons. The quantitative estimate of drug-likeness (QED) is 0.596. The maximum absolute atomic E-state index is 13.5. The van der Waals surface area contributed by atoms with E-state index in [1.54, 1.807) is 28.4 Å². The summed E-state index contributed by atoms with van der Waals surface area (Å²) in [6.45, 7) is 1.95. The van der Waals surface area contributed by atoms with Crippen LogP contribution in [0.1, 0.15) is 40.5 Å². The number of fused-ring (bicyclic) bond motifs is 3. The van der Waals surface area contributed by atoms with Crippen LogP contribution in [-0.2, 0) is 28.9 Å². The lowest BCUT2D eigenvalue weighted by atomic mass is 9.99. The molecule has 2 aliphatic rings. The van der Waals surface area contributed by atoms with Gasteiger partial charge in [-0.1, -0.05) is 19.1 Å². The number of nitrogens with zero attached hydrogens (tertiary/aromatic N) is 2. The van der Waals surface area contributed by atoms with E-state index in [4.69, 9.17) is 0 Å². The van der Waals surface area contributed by atoms with Crippen molar-refractivity contribution >= 4 is 39.6 Å². The topological polar surface area (TPSA) is 61.8 Å². The molecule has 7 heteroatoms. The van der Waals surface area contributed by atoms with E-state index in [0.717, 1.165) is 41.8 Å². The lowest BCUT2D eigenvalue weighted by Gasteiger charge is -2.20. The van der Waals surface area contributed by atoms with Crippen LogP contribution in [0.5, 0.6) is 0 Å². The van der Waals surface area contributed by atoms with Crippen molar-refractivity contribution in [3.63, 3.8) is 0 Å². The van der Waals surface area contributed by atoms with Crippen LogP contribution in [0.3, 0.4) is 0 Å². The highest BCUT2D eigenvalue weighted by molar-refractivity contribution is 7.17. The van der Waals surface area contributed by atoms with Crippen LogP contribution in [0.4, 0.5) is 15.1 Å². The number of benzene rings is 2. The second-order valence-corrected chi connectivity index (χ2v) is 9.37. The summed E-state index contributed by atoms with van der Waals surface area (Å²) in [7, 11) is 0. The normalized spacial score (nSPS) is 15.0. The zero-order valence-corrected chi connectivity index (χ0v) is 19.2. The summed E-state index contributed by atoms with van der Waals surface area (Å²) in [6, 6.07) is 13.9. The van der Waals surface area contributed by atoms with Gasteiger partial charge in [0.15, 0.2) is 0 Å². The Balaban J connectivity index is 1.47. The highest BCUT2D eigenvalue weighted by atomic mass is 32.1. The molecule has 5 nitrogen and oxygen atoms in total. The Bertz CT molecular complexity index is 1250. The van der Waals surface area contributed by atoms with Crippen LogP contribution in [0.2, 0.25) is 0 Å². The largest absolute Gasteiger partial charge is 0.325 e. The van der Waals surface area contributed by atoms with E-state index in [0.29, 0.717) is 11.4 Å². The number of carbonyl (C=O) groups excluding carboxylic acids is 2. The number of carbonyl (C=O) groups is 2. The molecule has 0 spiro atoms. The summed E-state index contributed by atoms with van der Waals surface area (Å²) >= 11 is 1.57. The second-order valence-electron chi connectivity index (χ2n) is 8.29. The third-order valence-corrected chi connectivity index (χ3v) is 7.44. The Morgan fingerprint density at radius 2 is 1.88 bits per heavy atom. The summed E-state index contributed by atoms with van der Waals surface area (Å²) in [5.74, 6) is -0.785. The van der Waals surface area contributed by atoms with E-state index in [1.807, 2.05) is 24.3 Å². The number of rotatable bonds is 5. The number of thiophene rings is 1. The van der Waals surface area contributed by atoms with Crippen molar-refractivity contribution < 1.29 is 14.0 Å². The summed E-state index contributed by atoms with van der Waals surface area (Å²) < 4.78 is 13.5. The van der Waals surface area contributed by atoms with Crippen LogP contribution < -0.4 is 10.2 Å². The third-order valence-electron chi connectivity index (χ3n) is 6.12. The van der Waals surface area contributed by atoms with E-state index in [1.165, 1.54) is 28.1 Å². The fraction of sp³-hybridized carbons (Fsp3) is 0.269. The highest BCUT2D eigenvalue weighted by Gasteiger charge is 2.33. The molecule has 2 heterocycles. The highest BCUT2D eigenvalue weighted by Crippen LogP contribution is 2.43. The van der Waals surface area contributed by atoms with Crippen molar-refractivity contribution in [3.05, 3.63) is 81.5 Å². The monoisotopic (exact) mass is 461 g/mol. The van der Waals surface area contributed by atoms with Crippen LogP contribution in [0.15, 0.2) is 53.5 Å². The van der Waals surface area contributed by atoms with Gasteiger partial charge in [0, 0.05) is 21.7 Å². The minimum atomic E-state index is -0.315. The summed E-state index contributed by atoms with van der Waals surface area (Å²) in [5, 5.41) is 3.67. The number of aryl methyl sites for hydroxylation is 2. The molecule has 2 aromatic carbocycles. The SMILES string of the molecule is CCc1ccc(NC(=O)CN2C(=O)CN=C(c3ccc(F)cc3)c3c2sc2c3CCC2)cc1. The minimum Gasteiger partial charge on any atom is -0.325 e. The minimum absolute atomic E-state index is 0.0542. The van der Waals surface area contributed by atoms with E-state index >= 15 is 0 Å². The fourth-order valence-corrected chi connectivity index (χ4v) is 5.83. The molecule has 1 aromatic heterocycles. The van der Waals surface area contributed by atoms with Crippen molar-refractivity contribution in [2.45, 2.75) is 32.6 Å². The molecule has 1 aliphatic carbocycles. The first kappa shape index (κ1) is 21.5. The predicted octanol–water partition coefficient (Wildman–Crippen LogP) is 4.76. The average Bonchev–Trinajstić information content (AvgIpc) is 3.38. The molecule has 0 bridgehead atoms. The van der Waals surface area contributed by atoms with Gasteiger partial charge in [-0.25, -0.2) is 4.39 Å². The standard InChI is InChI=1S/C26H24FN3O2S/c1-2-16-6-12-19(13-7-16)29-22(31)15-30-23(32)14-28-25(17-8-10-18(27)11-9-17)24-20-4-3-5-21(20)33-26(24)30/h6-13H,2-5,14-15H2,1H3,(H,29,31). The first-order chi connectivity index (χ1) is 16.0. The molecule has 0 saturated heterocycles. The number of hydrogen-bond donors (Lipinski definition) is 1. The Morgan fingerprint density at radius 3 is 2.61 bits per heavy atom. The number of nitrogens with one attached hydrogen (secondary N) is 1. The molecule has 0 fully saturated rings. The number of amides is 2. The van der Waals surface area contributed by atoms with E-state index in [2.05, 4.69) is 17.2 Å². The lowest BCUT2D eigenvalue weighted by molar-refractivity contribution is -0.120. The smallest absolute Gasteiger partial charge is 0.249 e. The third kappa shape index (κ3) is 4.20. The number of aliphatic imine (C=N–C) groups is 1. The van der Waals surface area contributed by atoms with Crippen LogP contribution in [0, 0.1) is 5.82 Å². The van der Waals surface area contributed by atoms with Crippen LogP contribution in [-0.4, -0.2) is 30.6 Å². The molecular weight excluding hydrogens is 437 g/mol. The summed E-state index contributed by atoms with van der Waals surface area (Å²) in [4.78, 5) is 33.4. The van der Waals surface area contributed by atoms with Crippen molar-refractivity contribution in [2.75, 3.05) is 23.3 Å². The second kappa shape index (κ2) is 8.90. The van der Waals surface area contributed by atoms with E-state index in [9.17, 15) is 14.0 Å². The van der Waals surface area contributed by atoms with Crippen molar-refractivity contribution in [2.24, 2.45) is 4.99 Å². The van der Waals surface area contributed by atoms with E-state index in [-0.39, 0.29) is 30.7 Å². The van der Waals surface area contributed by atoms with Gasteiger partial charge in [-0.2, -0.15) is 0 Å². The molecule has 3 aromatic rings. The fourth-order valence-electron chi connectivity index (χ4n) is 4.42. The molecule has 0 saturated carbocycles. The first-order valence-electron chi connectivity index (χ1n) is 11.2. The van der Waals surface area contributed by atoms with Gasteiger partial charge in [0.25, 0.3) is 0 Å². The van der Waals surface area contributed by atoms with Gasteiger partial charge < -0.3 is 5.32 Å². The Kier molecular flexibility index (Phi) is 5.81. The van der Waals surface area contributed by atoms with Gasteiger partial charge in [0.1, 0.15) is 23.9 Å². The van der Waals surface area contributed by atoms with Gasteiger partial charge in [-0.3, -0.25) is 19.5 Å². The van der Waals surface area contributed by atoms with Crippen molar-refractivity contribution in [1.29, 1.82) is 0 Å². The van der Waals surface area contributed by atoms with Gasteiger partial charge in [0.05, 0.1) is 5.71 Å². The van der Waals surface area contributed by atoms with Crippen molar-refractivity contribution in [3.8, 4) is 0 Å². The Labute approximate surface area is 196 Å². The van der Waals surface area contributed by atoms with Crippen LogP contribution >= 0.6 is 11.3 Å². The van der Waals surface area contributed by atoms with Gasteiger partial charge in [-0.05, 0) is 73.2 Å². The molecule has 1 N–H and O–H groups in total. The number of halogens is 1. The summed E-state index contributed by atoms with van der Waals surface area (Å²) in [5.41, 5.74) is 5.50. The molecule has 168 valence electrons. The van der Waals surface area contributed by atoms with E-state index < -0.39 is 0 Å². The van der Waals surface area contributed by atoms with Gasteiger partial charge in [-0.15, -0.1) is 11.3 Å². The predicted molar refractivity (Wildman–Crippen MR) is 130 cm³/mol. The zero-order chi connectivity index (χ0) is 22.9. The van der Waals surface area contributed by atoms with Crippen molar-refractivity contribution in [1.82, 2.24) is 0 Å². The molecular formula is C26H24FN3O2S. The number of hydrogen-bond acceptors (Lipinski definition) is 4.